The van der Waals surface area contributed by atoms with Gasteiger partial charge in [-0.05, 0) is 48.4 Å². The fraction of sp³-hybridized carbons (Fsp3) is 0.100. The number of hydrogen-bond donors (Lipinski definition) is 2. The summed E-state index contributed by atoms with van der Waals surface area (Å²) in [6, 6.07) is 18.7. The smallest absolute Gasteiger partial charge is 0.251 e. The summed E-state index contributed by atoms with van der Waals surface area (Å²) in [5, 5.41) is 6.72. The van der Waals surface area contributed by atoms with Crippen LogP contribution in [0, 0.1) is 6.92 Å². The van der Waals surface area contributed by atoms with E-state index in [0.29, 0.717) is 22.9 Å². The monoisotopic (exact) mass is 351 g/mol. The molecule has 3 rings (SSSR count). The lowest BCUT2D eigenvalue weighted by Gasteiger charge is -2.10. The molecule has 1 amide bonds. The van der Waals surface area contributed by atoms with Gasteiger partial charge in [0.15, 0.2) is 0 Å². The predicted molar refractivity (Wildman–Crippen MR) is 101 cm³/mol. The molecule has 1 heterocycles. The quantitative estimate of drug-likeness (QED) is 0.699. The van der Waals surface area contributed by atoms with Crippen LogP contribution in [0.2, 0.25) is 5.02 Å². The van der Waals surface area contributed by atoms with Crippen LogP contribution in [0.4, 0.5) is 11.5 Å². The zero-order chi connectivity index (χ0) is 17.6. The fourth-order valence-electron chi connectivity index (χ4n) is 2.44. The number of nitrogens with one attached hydrogen (secondary N) is 2. The molecule has 0 spiro atoms. The molecule has 4 nitrogen and oxygen atoms in total. The lowest BCUT2D eigenvalue weighted by Crippen LogP contribution is -2.23. The second kappa shape index (κ2) is 7.81. The molecule has 0 aliphatic rings. The van der Waals surface area contributed by atoms with Gasteiger partial charge in [0.25, 0.3) is 5.91 Å². The molecule has 0 radical (unpaired) electrons. The predicted octanol–water partition coefficient (Wildman–Crippen LogP) is 4.72. The van der Waals surface area contributed by atoms with E-state index in [0.717, 1.165) is 16.8 Å². The van der Waals surface area contributed by atoms with Crippen molar-refractivity contribution in [3.63, 3.8) is 0 Å². The van der Waals surface area contributed by atoms with Gasteiger partial charge in [-0.1, -0.05) is 41.9 Å². The molecule has 5 heteroatoms. The normalized spacial score (nSPS) is 10.3. The van der Waals surface area contributed by atoms with Gasteiger partial charge < -0.3 is 10.6 Å². The van der Waals surface area contributed by atoms with E-state index in [1.807, 2.05) is 43.3 Å². The molecule has 1 aromatic heterocycles. The van der Waals surface area contributed by atoms with Gasteiger partial charge in [0.05, 0.1) is 0 Å². The lowest BCUT2D eigenvalue weighted by atomic mass is 10.1. The van der Waals surface area contributed by atoms with Crippen molar-refractivity contribution in [2.45, 2.75) is 13.5 Å². The van der Waals surface area contributed by atoms with E-state index in [9.17, 15) is 4.79 Å². The summed E-state index contributed by atoms with van der Waals surface area (Å²) in [6.45, 7) is 2.52. The topological polar surface area (TPSA) is 54.0 Å². The Kier molecular flexibility index (Phi) is 5.31. The standard InChI is InChI=1S/C20H18ClN3O/c1-14-5-2-3-6-16(14)13-23-20(25)15-9-10-22-19(11-15)24-18-8-4-7-17(21)12-18/h2-12H,13H2,1H3,(H,22,24)(H,23,25). The molecule has 0 atom stereocenters. The number of amides is 1. The number of carbonyl (C=O) groups is 1. The van der Waals surface area contributed by atoms with Gasteiger partial charge in [0.1, 0.15) is 5.82 Å². The Hall–Kier alpha value is -2.85. The highest BCUT2D eigenvalue weighted by Gasteiger charge is 2.08. The van der Waals surface area contributed by atoms with E-state index >= 15 is 0 Å². The molecule has 2 aromatic carbocycles. The van der Waals surface area contributed by atoms with E-state index in [2.05, 4.69) is 15.6 Å². The Bertz CT molecular complexity index is 895. The third-order valence-corrected chi connectivity index (χ3v) is 4.05. The van der Waals surface area contributed by atoms with Crippen molar-refractivity contribution in [1.29, 1.82) is 0 Å². The van der Waals surface area contributed by atoms with Gasteiger partial charge in [-0.15, -0.1) is 0 Å². The van der Waals surface area contributed by atoms with Crippen LogP contribution in [0.3, 0.4) is 0 Å². The fourth-order valence-corrected chi connectivity index (χ4v) is 2.63. The first-order valence-electron chi connectivity index (χ1n) is 7.93. The van der Waals surface area contributed by atoms with Crippen LogP contribution >= 0.6 is 11.6 Å². The van der Waals surface area contributed by atoms with Crippen molar-refractivity contribution in [1.82, 2.24) is 10.3 Å². The van der Waals surface area contributed by atoms with Crippen molar-refractivity contribution in [2.75, 3.05) is 5.32 Å². The van der Waals surface area contributed by atoms with Crippen molar-refractivity contribution >= 4 is 29.0 Å². The molecule has 0 bridgehead atoms. The van der Waals surface area contributed by atoms with Crippen molar-refractivity contribution < 1.29 is 4.79 Å². The molecule has 0 saturated heterocycles. The van der Waals surface area contributed by atoms with Crippen molar-refractivity contribution in [3.8, 4) is 0 Å². The summed E-state index contributed by atoms with van der Waals surface area (Å²) < 4.78 is 0. The van der Waals surface area contributed by atoms with Crippen LogP contribution in [-0.2, 0) is 6.54 Å². The maximum Gasteiger partial charge on any atom is 0.251 e. The Morgan fingerprint density at radius 3 is 2.72 bits per heavy atom. The number of halogens is 1. The second-order valence-electron chi connectivity index (χ2n) is 5.67. The Labute approximate surface area is 151 Å². The third-order valence-electron chi connectivity index (χ3n) is 3.82. The molecular formula is C20H18ClN3O. The van der Waals surface area contributed by atoms with Gasteiger partial charge in [0.2, 0.25) is 0 Å². The number of nitrogens with zero attached hydrogens (tertiary/aromatic N) is 1. The van der Waals surface area contributed by atoms with E-state index < -0.39 is 0 Å². The molecule has 126 valence electrons. The highest BCUT2D eigenvalue weighted by atomic mass is 35.5. The number of hydrogen-bond acceptors (Lipinski definition) is 3. The maximum atomic E-state index is 12.4. The van der Waals surface area contributed by atoms with Crippen LogP contribution in [0.1, 0.15) is 21.5 Å². The number of carbonyl (C=O) groups excluding carboxylic acids is 1. The van der Waals surface area contributed by atoms with E-state index in [-0.39, 0.29) is 5.91 Å². The molecule has 0 aliphatic heterocycles. The van der Waals surface area contributed by atoms with Gasteiger partial charge in [-0.25, -0.2) is 4.98 Å². The Morgan fingerprint density at radius 1 is 1.08 bits per heavy atom. The summed E-state index contributed by atoms with van der Waals surface area (Å²) in [6.07, 6.45) is 1.61. The molecule has 25 heavy (non-hydrogen) atoms. The number of pyridine rings is 1. The molecule has 0 unspecified atom stereocenters. The largest absolute Gasteiger partial charge is 0.348 e. The SMILES string of the molecule is Cc1ccccc1CNC(=O)c1ccnc(Nc2cccc(Cl)c2)c1. The molecule has 0 saturated carbocycles. The van der Waals surface area contributed by atoms with Gasteiger partial charge in [0, 0.05) is 29.0 Å². The minimum atomic E-state index is -0.139. The van der Waals surface area contributed by atoms with Crippen molar-refractivity contribution in [2.24, 2.45) is 0 Å². The number of anilines is 2. The molecular weight excluding hydrogens is 334 g/mol. The minimum Gasteiger partial charge on any atom is -0.348 e. The van der Waals surface area contributed by atoms with E-state index in [1.165, 1.54) is 0 Å². The average Bonchev–Trinajstić information content (AvgIpc) is 2.61. The zero-order valence-corrected chi connectivity index (χ0v) is 14.5. The summed E-state index contributed by atoms with van der Waals surface area (Å²) in [4.78, 5) is 16.6. The first kappa shape index (κ1) is 17.0. The molecule has 0 aliphatic carbocycles. The minimum absolute atomic E-state index is 0.139. The third kappa shape index (κ3) is 4.58. The lowest BCUT2D eigenvalue weighted by molar-refractivity contribution is 0.0951. The van der Waals surface area contributed by atoms with Gasteiger partial charge in [-0.3, -0.25) is 4.79 Å². The van der Waals surface area contributed by atoms with Crippen molar-refractivity contribution in [3.05, 3.63) is 88.6 Å². The molecule has 0 fully saturated rings. The van der Waals surface area contributed by atoms with Crippen LogP contribution < -0.4 is 10.6 Å². The molecule has 2 N–H and O–H groups in total. The summed E-state index contributed by atoms with van der Waals surface area (Å²) in [5.74, 6) is 0.450. The van der Waals surface area contributed by atoms with Crippen LogP contribution in [0.5, 0.6) is 0 Å². The average molecular weight is 352 g/mol. The van der Waals surface area contributed by atoms with E-state index in [1.54, 1.807) is 30.5 Å². The number of aryl methyl sites for hydroxylation is 1. The first-order chi connectivity index (χ1) is 12.1. The summed E-state index contributed by atoms with van der Waals surface area (Å²) in [5.41, 5.74) is 3.62. The van der Waals surface area contributed by atoms with Crippen LogP contribution in [0.15, 0.2) is 66.9 Å². The summed E-state index contributed by atoms with van der Waals surface area (Å²) in [7, 11) is 0. The highest BCUT2D eigenvalue weighted by Crippen LogP contribution is 2.19. The Balaban J connectivity index is 1.68. The number of aromatic nitrogens is 1. The van der Waals surface area contributed by atoms with E-state index in [4.69, 9.17) is 11.6 Å². The maximum absolute atomic E-state index is 12.4. The highest BCUT2D eigenvalue weighted by molar-refractivity contribution is 6.30. The van der Waals surface area contributed by atoms with Gasteiger partial charge in [-0.2, -0.15) is 0 Å². The first-order valence-corrected chi connectivity index (χ1v) is 8.31. The van der Waals surface area contributed by atoms with Crippen LogP contribution in [-0.4, -0.2) is 10.9 Å². The zero-order valence-electron chi connectivity index (χ0n) is 13.8. The number of rotatable bonds is 5. The van der Waals surface area contributed by atoms with Crippen LogP contribution in [0.25, 0.3) is 0 Å². The summed E-state index contributed by atoms with van der Waals surface area (Å²) >= 11 is 5.98. The number of benzene rings is 2. The Morgan fingerprint density at radius 2 is 1.92 bits per heavy atom. The van der Waals surface area contributed by atoms with Gasteiger partial charge >= 0.3 is 0 Å². The second-order valence-corrected chi connectivity index (χ2v) is 6.11. The molecule has 3 aromatic rings.